The summed E-state index contributed by atoms with van der Waals surface area (Å²) in [4.78, 5) is 18.0. The minimum atomic E-state index is -0.514. The number of benzene rings is 2. The van der Waals surface area contributed by atoms with Crippen LogP contribution in [0.25, 0.3) is 5.57 Å². The molecule has 1 saturated heterocycles. The lowest BCUT2D eigenvalue weighted by atomic mass is 9.72. The fourth-order valence-corrected chi connectivity index (χ4v) is 6.90. The lowest BCUT2D eigenvalue weighted by Gasteiger charge is -2.43. The molecule has 0 aromatic heterocycles. The number of terminal acetylenes is 1. The third-order valence-electron chi connectivity index (χ3n) is 9.25. The molecule has 1 unspecified atom stereocenters. The van der Waals surface area contributed by atoms with E-state index in [1.165, 1.54) is 17.7 Å². The minimum Gasteiger partial charge on any atom is -0.483 e. The summed E-state index contributed by atoms with van der Waals surface area (Å²) in [5, 5.41) is 0. The van der Waals surface area contributed by atoms with Crippen LogP contribution < -0.4 is 9.47 Å². The number of halogens is 3. The zero-order chi connectivity index (χ0) is 30.6. The summed E-state index contributed by atoms with van der Waals surface area (Å²) >= 11 is 0. The Morgan fingerprint density at radius 1 is 1.09 bits per heavy atom. The van der Waals surface area contributed by atoms with Gasteiger partial charge in [0.15, 0.2) is 0 Å². The highest BCUT2D eigenvalue weighted by atomic mass is 35.5. The molecular formula is C36H47Cl2FN2O4. The van der Waals surface area contributed by atoms with Crippen LogP contribution in [-0.2, 0) is 14.9 Å². The molecule has 1 atom stereocenters. The molecule has 3 aliphatic rings. The second-order valence-corrected chi connectivity index (χ2v) is 12.7. The van der Waals surface area contributed by atoms with Crippen LogP contribution in [0.2, 0.25) is 0 Å². The summed E-state index contributed by atoms with van der Waals surface area (Å²) in [5.41, 5.74) is 4.23. The first-order valence-corrected chi connectivity index (χ1v) is 15.7. The fraction of sp³-hybridized carbons (Fsp3) is 0.528. The average Bonchev–Trinajstić information content (AvgIpc) is 2.97. The van der Waals surface area contributed by atoms with Crippen molar-refractivity contribution in [2.24, 2.45) is 0 Å². The van der Waals surface area contributed by atoms with Crippen LogP contribution in [0.3, 0.4) is 0 Å². The van der Waals surface area contributed by atoms with Crippen molar-refractivity contribution in [3.63, 3.8) is 0 Å². The van der Waals surface area contributed by atoms with Crippen molar-refractivity contribution in [3.05, 3.63) is 64.5 Å². The fourth-order valence-electron chi connectivity index (χ4n) is 6.90. The molecule has 0 saturated carbocycles. The monoisotopic (exact) mass is 660 g/mol. The molecule has 0 spiro atoms. The average molecular weight is 662 g/mol. The number of hydrogen-bond acceptors (Lipinski definition) is 6. The number of ether oxygens (including phenoxy) is 3. The van der Waals surface area contributed by atoms with Gasteiger partial charge in [-0.05, 0) is 86.2 Å². The number of rotatable bonds is 10. The van der Waals surface area contributed by atoms with Crippen molar-refractivity contribution >= 4 is 36.4 Å². The molecule has 246 valence electrons. The predicted molar refractivity (Wildman–Crippen MR) is 182 cm³/mol. The summed E-state index contributed by atoms with van der Waals surface area (Å²) < 4.78 is 32.4. The van der Waals surface area contributed by atoms with Gasteiger partial charge in [0.1, 0.15) is 22.9 Å². The number of esters is 1. The Balaban J connectivity index is 0.00000276. The number of nitrogens with zero attached hydrogens (tertiary/aromatic N) is 2. The maximum absolute atomic E-state index is 13.9. The van der Waals surface area contributed by atoms with Gasteiger partial charge >= 0.3 is 5.97 Å². The first kappa shape index (κ1) is 36.9. The third kappa shape index (κ3) is 8.22. The maximum atomic E-state index is 13.9. The van der Waals surface area contributed by atoms with Gasteiger partial charge in [-0.1, -0.05) is 38.3 Å². The Hall–Kier alpha value is -2.60. The highest BCUT2D eigenvalue weighted by molar-refractivity contribution is 5.86. The second kappa shape index (κ2) is 15.8. The first-order chi connectivity index (χ1) is 20.6. The molecule has 5 rings (SSSR count). The van der Waals surface area contributed by atoms with E-state index >= 15 is 0 Å². The third-order valence-corrected chi connectivity index (χ3v) is 9.25. The van der Waals surface area contributed by atoms with Gasteiger partial charge < -0.3 is 14.2 Å². The van der Waals surface area contributed by atoms with Crippen LogP contribution in [0, 0.1) is 18.2 Å². The summed E-state index contributed by atoms with van der Waals surface area (Å²) in [7, 11) is 0. The Kier molecular flexibility index (Phi) is 12.9. The number of fused-ring (bicyclic) bond motifs is 2. The SMILES string of the molecule is C#CCN1CCC2=C(C1)c1c(OC(=O)CCCN3CCOCC3)cc(C(C)(CCC)c3ccc(F)cc3)cc1OC2(C)C.Cl.Cl. The van der Waals surface area contributed by atoms with Crippen LogP contribution in [-0.4, -0.2) is 73.9 Å². The van der Waals surface area contributed by atoms with E-state index in [0.29, 0.717) is 31.0 Å². The molecule has 0 radical (unpaired) electrons. The van der Waals surface area contributed by atoms with E-state index < -0.39 is 11.0 Å². The number of hydrogen-bond donors (Lipinski definition) is 0. The van der Waals surface area contributed by atoms with Crippen molar-refractivity contribution in [2.45, 2.75) is 70.8 Å². The summed E-state index contributed by atoms with van der Waals surface area (Å²) in [5.74, 6) is 3.51. The van der Waals surface area contributed by atoms with Crippen LogP contribution in [0.5, 0.6) is 11.5 Å². The normalized spacial score (nSPS) is 19.0. The van der Waals surface area contributed by atoms with Gasteiger partial charge in [0.05, 0.1) is 25.3 Å². The predicted octanol–water partition coefficient (Wildman–Crippen LogP) is 7.06. The topological polar surface area (TPSA) is 51.2 Å². The van der Waals surface area contributed by atoms with Crippen LogP contribution in [0.1, 0.15) is 76.5 Å². The quantitative estimate of drug-likeness (QED) is 0.155. The van der Waals surface area contributed by atoms with Crippen molar-refractivity contribution in [1.82, 2.24) is 9.80 Å². The van der Waals surface area contributed by atoms with Gasteiger partial charge in [-0.3, -0.25) is 14.6 Å². The zero-order valence-electron chi connectivity index (χ0n) is 27.0. The van der Waals surface area contributed by atoms with Crippen molar-refractivity contribution in [1.29, 1.82) is 0 Å². The molecular weight excluding hydrogens is 614 g/mol. The van der Waals surface area contributed by atoms with E-state index in [1.54, 1.807) is 0 Å². The highest BCUT2D eigenvalue weighted by Gasteiger charge is 2.41. The van der Waals surface area contributed by atoms with Gasteiger partial charge in [-0.15, -0.1) is 31.2 Å². The molecule has 2 aromatic rings. The summed E-state index contributed by atoms with van der Waals surface area (Å²) in [6, 6.07) is 10.9. The van der Waals surface area contributed by atoms with Crippen LogP contribution in [0.4, 0.5) is 4.39 Å². The van der Waals surface area contributed by atoms with Crippen LogP contribution >= 0.6 is 24.8 Å². The van der Waals surface area contributed by atoms with Gasteiger partial charge in [-0.25, -0.2) is 4.39 Å². The Bertz CT molecular complexity index is 1400. The largest absolute Gasteiger partial charge is 0.483 e. The first-order valence-electron chi connectivity index (χ1n) is 15.7. The lowest BCUT2D eigenvalue weighted by Crippen LogP contribution is -2.42. The standard InChI is InChI=1S/C36H45FN2O4.2ClH/c1-6-15-36(5,26-10-12-28(37)13-11-26)27-23-31(42-33(40)9-8-17-38-19-21-41-22-20-38)34-29-25-39(16-7-2)18-14-30(29)35(3,4)43-32(34)24-27;;/h2,10-13,23-24H,6,8-9,14-22,25H2,1,3-5H3;2*1H. The Labute approximate surface area is 280 Å². The van der Waals surface area contributed by atoms with E-state index in [0.717, 1.165) is 87.3 Å². The van der Waals surface area contributed by atoms with E-state index in [-0.39, 0.29) is 36.6 Å². The second-order valence-electron chi connectivity index (χ2n) is 12.7. The van der Waals surface area contributed by atoms with E-state index in [2.05, 4.69) is 49.5 Å². The highest BCUT2D eigenvalue weighted by Crippen LogP contribution is 2.51. The zero-order valence-corrected chi connectivity index (χ0v) is 28.6. The molecule has 1 fully saturated rings. The smallest absolute Gasteiger partial charge is 0.311 e. The Morgan fingerprint density at radius 3 is 2.47 bits per heavy atom. The van der Waals surface area contributed by atoms with Crippen LogP contribution in [0.15, 0.2) is 42.0 Å². The molecule has 6 nitrogen and oxygen atoms in total. The number of morpholine rings is 1. The van der Waals surface area contributed by atoms with Gasteiger partial charge in [0.2, 0.25) is 0 Å². The molecule has 9 heteroatoms. The molecule has 0 bridgehead atoms. The molecule has 0 aliphatic carbocycles. The van der Waals surface area contributed by atoms with E-state index in [9.17, 15) is 9.18 Å². The number of carbonyl (C=O) groups excluding carboxylic acids is 1. The van der Waals surface area contributed by atoms with Gasteiger partial charge in [-0.2, -0.15) is 0 Å². The van der Waals surface area contributed by atoms with Crippen molar-refractivity contribution in [2.75, 3.05) is 52.5 Å². The minimum absolute atomic E-state index is 0. The van der Waals surface area contributed by atoms with E-state index in [4.69, 9.17) is 20.6 Å². The lowest BCUT2D eigenvalue weighted by molar-refractivity contribution is -0.134. The molecule has 0 amide bonds. The van der Waals surface area contributed by atoms with Gasteiger partial charge in [0, 0.05) is 38.0 Å². The van der Waals surface area contributed by atoms with Gasteiger partial charge in [0.25, 0.3) is 0 Å². The van der Waals surface area contributed by atoms with Crippen molar-refractivity contribution in [3.8, 4) is 23.8 Å². The molecule has 45 heavy (non-hydrogen) atoms. The number of carbonyl (C=O) groups is 1. The molecule has 3 aliphatic heterocycles. The molecule has 0 N–H and O–H groups in total. The van der Waals surface area contributed by atoms with Crippen molar-refractivity contribution < 1.29 is 23.4 Å². The summed E-state index contributed by atoms with van der Waals surface area (Å²) in [6.07, 6.45) is 9.32. The maximum Gasteiger partial charge on any atom is 0.311 e. The molecule has 2 aromatic carbocycles. The molecule has 3 heterocycles. The Morgan fingerprint density at radius 2 is 1.80 bits per heavy atom. The summed E-state index contributed by atoms with van der Waals surface area (Å²) in [6.45, 7) is 14.7. The van der Waals surface area contributed by atoms with E-state index in [1.807, 2.05) is 18.2 Å².